The maximum absolute atomic E-state index is 9.90. The molecule has 0 saturated carbocycles. The molecule has 0 amide bonds. The molecule has 0 radical (unpaired) electrons. The molecule has 1 N–H and O–H groups in total. The first-order valence-corrected chi connectivity index (χ1v) is 5.61. The number of ether oxygens (including phenoxy) is 2. The van der Waals surface area contributed by atoms with Gasteiger partial charge in [0, 0.05) is 11.6 Å². The van der Waals surface area contributed by atoms with Gasteiger partial charge in [-0.25, -0.2) is 0 Å². The van der Waals surface area contributed by atoms with E-state index in [4.69, 9.17) is 21.1 Å². The van der Waals surface area contributed by atoms with Crippen molar-refractivity contribution in [2.24, 2.45) is 0 Å². The number of hydrogen-bond acceptors (Lipinski definition) is 3. The molecule has 0 spiro atoms. The van der Waals surface area contributed by atoms with Crippen LogP contribution in [-0.2, 0) is 0 Å². The molecule has 90 valence electrons. The Balaban J connectivity index is 3.10. The Bertz CT molecular complexity index is 352. The molecule has 1 atom stereocenters. The monoisotopic (exact) mass is 244 g/mol. The molecule has 0 fully saturated rings. The summed E-state index contributed by atoms with van der Waals surface area (Å²) in [6, 6.07) is 3.39. The Hall–Kier alpha value is -0.930. The molecule has 0 aliphatic carbocycles. The van der Waals surface area contributed by atoms with Crippen molar-refractivity contribution in [3.63, 3.8) is 0 Å². The number of benzene rings is 1. The second-order valence-corrected chi connectivity index (χ2v) is 3.94. The first-order chi connectivity index (χ1) is 7.63. The average molecular weight is 245 g/mol. The molecular weight excluding hydrogens is 228 g/mol. The molecular formula is C12H17ClO3. The predicted molar refractivity (Wildman–Crippen MR) is 64.4 cm³/mol. The van der Waals surface area contributed by atoms with E-state index in [1.807, 2.05) is 6.92 Å². The van der Waals surface area contributed by atoms with Crippen LogP contribution in [0.2, 0.25) is 5.02 Å². The molecule has 0 heterocycles. The van der Waals surface area contributed by atoms with E-state index < -0.39 is 6.10 Å². The Morgan fingerprint density at radius 2 is 1.81 bits per heavy atom. The van der Waals surface area contributed by atoms with Crippen molar-refractivity contribution in [3.05, 3.63) is 22.7 Å². The van der Waals surface area contributed by atoms with E-state index in [0.717, 1.165) is 6.42 Å². The lowest BCUT2D eigenvalue weighted by Crippen LogP contribution is -2.00. The fraction of sp³-hybridized carbons (Fsp3) is 0.500. The third kappa shape index (κ3) is 2.80. The van der Waals surface area contributed by atoms with Gasteiger partial charge in [0.15, 0.2) is 11.5 Å². The van der Waals surface area contributed by atoms with Crippen molar-refractivity contribution in [3.8, 4) is 11.5 Å². The van der Waals surface area contributed by atoms with Gasteiger partial charge >= 0.3 is 0 Å². The largest absolute Gasteiger partial charge is 0.493 e. The number of halogens is 1. The van der Waals surface area contributed by atoms with Crippen LogP contribution in [-0.4, -0.2) is 19.3 Å². The second-order valence-electron chi connectivity index (χ2n) is 3.53. The van der Waals surface area contributed by atoms with Gasteiger partial charge in [-0.1, -0.05) is 24.9 Å². The Morgan fingerprint density at radius 3 is 2.31 bits per heavy atom. The minimum atomic E-state index is -0.558. The van der Waals surface area contributed by atoms with Crippen molar-refractivity contribution in [2.45, 2.75) is 25.9 Å². The van der Waals surface area contributed by atoms with Crippen molar-refractivity contribution < 1.29 is 14.6 Å². The highest BCUT2D eigenvalue weighted by molar-refractivity contribution is 6.31. The van der Waals surface area contributed by atoms with Gasteiger partial charge < -0.3 is 14.6 Å². The van der Waals surface area contributed by atoms with E-state index in [1.165, 1.54) is 0 Å². The highest BCUT2D eigenvalue weighted by Crippen LogP contribution is 2.36. The van der Waals surface area contributed by atoms with Crippen LogP contribution in [0.25, 0.3) is 0 Å². The lowest BCUT2D eigenvalue weighted by Gasteiger charge is -2.15. The van der Waals surface area contributed by atoms with Crippen molar-refractivity contribution in [1.82, 2.24) is 0 Å². The summed E-state index contributed by atoms with van der Waals surface area (Å²) in [5.41, 5.74) is 0.682. The SMILES string of the molecule is CCCC(O)c1cc(OC)c(OC)cc1Cl. The van der Waals surface area contributed by atoms with Gasteiger partial charge in [0.25, 0.3) is 0 Å². The summed E-state index contributed by atoms with van der Waals surface area (Å²) in [4.78, 5) is 0. The van der Waals surface area contributed by atoms with Crippen LogP contribution in [0.4, 0.5) is 0 Å². The van der Waals surface area contributed by atoms with Gasteiger partial charge in [-0.3, -0.25) is 0 Å². The van der Waals surface area contributed by atoms with E-state index in [1.54, 1.807) is 26.4 Å². The number of methoxy groups -OCH3 is 2. The zero-order chi connectivity index (χ0) is 12.1. The molecule has 0 bridgehead atoms. The maximum Gasteiger partial charge on any atom is 0.162 e. The van der Waals surface area contributed by atoms with Crippen LogP contribution in [0.3, 0.4) is 0 Å². The summed E-state index contributed by atoms with van der Waals surface area (Å²) in [6.07, 6.45) is 1.01. The van der Waals surface area contributed by atoms with E-state index in [2.05, 4.69) is 0 Å². The highest BCUT2D eigenvalue weighted by Gasteiger charge is 2.15. The first-order valence-electron chi connectivity index (χ1n) is 5.23. The van der Waals surface area contributed by atoms with Crippen molar-refractivity contribution in [1.29, 1.82) is 0 Å². The molecule has 1 unspecified atom stereocenters. The second kappa shape index (κ2) is 5.97. The molecule has 1 aromatic carbocycles. The molecule has 3 nitrogen and oxygen atoms in total. The van der Waals surface area contributed by atoms with Gasteiger partial charge in [-0.05, 0) is 12.5 Å². The van der Waals surface area contributed by atoms with E-state index in [-0.39, 0.29) is 0 Å². The summed E-state index contributed by atoms with van der Waals surface area (Å²) in [7, 11) is 3.11. The van der Waals surface area contributed by atoms with Crippen molar-refractivity contribution >= 4 is 11.6 Å². The van der Waals surface area contributed by atoms with E-state index in [0.29, 0.717) is 28.5 Å². The van der Waals surface area contributed by atoms with Gasteiger partial charge in [-0.2, -0.15) is 0 Å². The van der Waals surface area contributed by atoms with Crippen molar-refractivity contribution in [2.75, 3.05) is 14.2 Å². The van der Waals surface area contributed by atoms with E-state index >= 15 is 0 Å². The fourth-order valence-electron chi connectivity index (χ4n) is 1.55. The third-order valence-corrected chi connectivity index (χ3v) is 2.75. The summed E-state index contributed by atoms with van der Waals surface area (Å²) < 4.78 is 10.3. The van der Waals surface area contributed by atoms with E-state index in [9.17, 15) is 5.11 Å². The molecule has 1 aromatic rings. The molecule has 0 aromatic heterocycles. The smallest absolute Gasteiger partial charge is 0.162 e. The summed E-state index contributed by atoms with van der Waals surface area (Å²) >= 11 is 6.07. The predicted octanol–water partition coefficient (Wildman–Crippen LogP) is 3.19. The molecule has 1 rings (SSSR count). The van der Waals surface area contributed by atoms with Crippen LogP contribution >= 0.6 is 11.6 Å². The minimum Gasteiger partial charge on any atom is -0.493 e. The van der Waals surface area contributed by atoms with Crippen LogP contribution in [0.5, 0.6) is 11.5 Å². The lowest BCUT2D eigenvalue weighted by atomic mass is 10.0. The Morgan fingerprint density at radius 1 is 1.25 bits per heavy atom. The third-order valence-electron chi connectivity index (χ3n) is 2.42. The highest BCUT2D eigenvalue weighted by atomic mass is 35.5. The summed E-state index contributed by atoms with van der Waals surface area (Å²) in [5.74, 6) is 1.15. The van der Waals surface area contributed by atoms with Crippen LogP contribution in [0.15, 0.2) is 12.1 Å². The fourth-order valence-corrected chi connectivity index (χ4v) is 1.83. The molecule has 0 aliphatic rings. The Labute approximate surface area is 101 Å². The lowest BCUT2D eigenvalue weighted by molar-refractivity contribution is 0.166. The zero-order valence-electron chi connectivity index (χ0n) is 9.79. The van der Waals surface area contributed by atoms with Gasteiger partial charge in [-0.15, -0.1) is 0 Å². The summed E-state index contributed by atoms with van der Waals surface area (Å²) in [5, 5.41) is 10.4. The quantitative estimate of drug-likeness (QED) is 0.865. The zero-order valence-corrected chi connectivity index (χ0v) is 10.5. The summed E-state index contributed by atoms with van der Waals surface area (Å²) in [6.45, 7) is 2.01. The molecule has 0 saturated heterocycles. The topological polar surface area (TPSA) is 38.7 Å². The number of hydrogen-bond donors (Lipinski definition) is 1. The number of aliphatic hydroxyl groups excluding tert-OH is 1. The van der Waals surface area contributed by atoms with Gasteiger partial charge in [0.2, 0.25) is 0 Å². The Kier molecular flexibility index (Phi) is 4.90. The maximum atomic E-state index is 9.90. The standard InChI is InChI=1S/C12H17ClO3/c1-4-5-10(14)8-6-11(15-2)12(16-3)7-9(8)13/h6-7,10,14H,4-5H2,1-3H3. The number of aliphatic hydroxyl groups is 1. The molecule has 0 aliphatic heterocycles. The van der Waals surface area contributed by atoms with Gasteiger partial charge in [0.05, 0.1) is 25.3 Å². The normalized spacial score (nSPS) is 12.3. The van der Waals surface area contributed by atoms with Crippen LogP contribution in [0, 0.1) is 0 Å². The van der Waals surface area contributed by atoms with Gasteiger partial charge in [0.1, 0.15) is 0 Å². The first kappa shape index (κ1) is 13.1. The average Bonchev–Trinajstić information content (AvgIpc) is 2.28. The van der Waals surface area contributed by atoms with Crippen LogP contribution < -0.4 is 9.47 Å². The van der Waals surface area contributed by atoms with Crippen LogP contribution in [0.1, 0.15) is 31.4 Å². The molecule has 16 heavy (non-hydrogen) atoms. The number of rotatable bonds is 5. The molecule has 4 heteroatoms. The minimum absolute atomic E-state index is 0.499.